The summed E-state index contributed by atoms with van der Waals surface area (Å²) in [4.78, 5) is 0.310. The van der Waals surface area contributed by atoms with Gasteiger partial charge in [0.05, 0.1) is 4.90 Å². The lowest BCUT2D eigenvalue weighted by molar-refractivity contribution is 0.602. The first-order chi connectivity index (χ1) is 8.97. The van der Waals surface area contributed by atoms with E-state index in [-0.39, 0.29) is 0 Å². The molecule has 0 amide bonds. The summed E-state index contributed by atoms with van der Waals surface area (Å²) in [6, 6.07) is 15.0. The van der Waals surface area contributed by atoms with Crippen molar-refractivity contribution >= 4 is 31.5 Å². The second-order valence-electron chi connectivity index (χ2n) is 4.25. The van der Waals surface area contributed by atoms with Gasteiger partial charge in [-0.05, 0) is 39.7 Å². The summed E-state index contributed by atoms with van der Waals surface area (Å²) in [5.41, 5.74) is 2.04. The predicted octanol–water partition coefficient (Wildman–Crippen LogP) is 3.46. The summed E-state index contributed by atoms with van der Waals surface area (Å²) in [6.07, 6.45) is 1.20. The Bertz CT molecular complexity index is 669. The molecule has 0 radical (unpaired) electrons. The van der Waals surface area contributed by atoms with Crippen molar-refractivity contribution in [2.45, 2.75) is 11.4 Å². The van der Waals surface area contributed by atoms with Gasteiger partial charge in [0.25, 0.3) is 0 Å². The minimum absolute atomic E-state index is 0.310. The highest BCUT2D eigenvalue weighted by Crippen LogP contribution is 2.26. The number of anilines is 1. The van der Waals surface area contributed by atoms with E-state index in [2.05, 4.69) is 21.2 Å². The molecule has 3 nitrogen and oxygen atoms in total. The van der Waals surface area contributed by atoms with Crippen molar-refractivity contribution in [3.63, 3.8) is 0 Å². The highest BCUT2D eigenvalue weighted by molar-refractivity contribution is 9.10. The van der Waals surface area contributed by atoms with E-state index in [0.29, 0.717) is 11.4 Å². The van der Waals surface area contributed by atoms with Crippen molar-refractivity contribution in [3.8, 4) is 0 Å². The molecule has 1 N–H and O–H groups in total. The lowest BCUT2D eigenvalue weighted by atomic mass is 10.2. The zero-order valence-corrected chi connectivity index (χ0v) is 12.8. The summed E-state index contributed by atoms with van der Waals surface area (Å²) in [7, 11) is -3.17. The monoisotopic (exact) mass is 339 g/mol. The molecule has 0 aliphatic rings. The van der Waals surface area contributed by atoms with Crippen LogP contribution in [0.3, 0.4) is 0 Å². The fraction of sp³-hybridized carbons (Fsp3) is 0.143. The van der Waals surface area contributed by atoms with Gasteiger partial charge in [-0.15, -0.1) is 0 Å². The molecule has 5 heteroatoms. The van der Waals surface area contributed by atoms with Gasteiger partial charge in [-0.25, -0.2) is 8.42 Å². The second kappa shape index (κ2) is 5.75. The Balaban J connectivity index is 2.14. The van der Waals surface area contributed by atoms with E-state index >= 15 is 0 Å². The van der Waals surface area contributed by atoms with Crippen LogP contribution in [0.2, 0.25) is 0 Å². The van der Waals surface area contributed by atoms with Crippen LogP contribution in [-0.4, -0.2) is 14.7 Å². The highest BCUT2D eigenvalue weighted by atomic mass is 79.9. The predicted molar refractivity (Wildman–Crippen MR) is 81.0 cm³/mol. The molecule has 0 aliphatic heterocycles. The average Bonchev–Trinajstić information content (AvgIpc) is 2.37. The van der Waals surface area contributed by atoms with Crippen LogP contribution in [0.4, 0.5) is 5.69 Å². The Kier molecular flexibility index (Phi) is 4.27. The van der Waals surface area contributed by atoms with Crippen LogP contribution in [-0.2, 0) is 16.4 Å². The average molecular weight is 340 g/mol. The van der Waals surface area contributed by atoms with Crippen LogP contribution in [0.5, 0.6) is 0 Å². The summed E-state index contributed by atoms with van der Waals surface area (Å²) in [6.45, 7) is 0.692. The van der Waals surface area contributed by atoms with E-state index in [1.165, 1.54) is 11.8 Å². The molecule has 0 saturated heterocycles. The van der Waals surface area contributed by atoms with Gasteiger partial charge in [0.2, 0.25) is 0 Å². The Morgan fingerprint density at radius 2 is 1.79 bits per heavy atom. The minimum atomic E-state index is -3.17. The molecule has 0 atom stereocenters. The molecule has 0 unspecified atom stereocenters. The Morgan fingerprint density at radius 1 is 1.11 bits per heavy atom. The molecule has 2 rings (SSSR count). The van der Waals surface area contributed by atoms with Crippen molar-refractivity contribution in [2.75, 3.05) is 11.6 Å². The van der Waals surface area contributed by atoms with Gasteiger partial charge >= 0.3 is 0 Å². The SMILES string of the molecule is CS(=O)(=O)c1ccc(NCc2ccccc2)c(Br)c1. The molecular formula is C14H14BrNO2S. The standard InChI is InChI=1S/C14H14BrNO2S/c1-19(17,18)12-7-8-14(13(15)9-12)16-10-11-5-3-2-4-6-11/h2-9,16H,10H2,1H3. The largest absolute Gasteiger partial charge is 0.380 e. The van der Waals surface area contributed by atoms with E-state index in [9.17, 15) is 8.42 Å². The van der Waals surface area contributed by atoms with Gasteiger partial charge in [0, 0.05) is 23.0 Å². The van der Waals surface area contributed by atoms with Crippen LogP contribution in [0.15, 0.2) is 57.9 Å². The first-order valence-electron chi connectivity index (χ1n) is 5.74. The molecule has 0 fully saturated rings. The third kappa shape index (κ3) is 3.81. The molecular weight excluding hydrogens is 326 g/mol. The Labute approximate surface area is 121 Å². The summed E-state index contributed by atoms with van der Waals surface area (Å²) in [5, 5.41) is 3.27. The van der Waals surface area contributed by atoms with E-state index in [4.69, 9.17) is 0 Å². The van der Waals surface area contributed by atoms with Crippen molar-refractivity contribution in [1.82, 2.24) is 0 Å². The van der Waals surface area contributed by atoms with Crippen molar-refractivity contribution in [1.29, 1.82) is 0 Å². The van der Waals surface area contributed by atoms with Gasteiger partial charge in [-0.3, -0.25) is 0 Å². The number of rotatable bonds is 4. The fourth-order valence-corrected chi connectivity index (χ4v) is 2.98. The quantitative estimate of drug-likeness (QED) is 0.927. The summed E-state index contributed by atoms with van der Waals surface area (Å²) in [5.74, 6) is 0. The normalized spacial score (nSPS) is 11.3. The van der Waals surface area contributed by atoms with E-state index in [1.807, 2.05) is 30.3 Å². The highest BCUT2D eigenvalue weighted by Gasteiger charge is 2.09. The second-order valence-corrected chi connectivity index (χ2v) is 7.12. The van der Waals surface area contributed by atoms with Gasteiger partial charge in [-0.1, -0.05) is 30.3 Å². The van der Waals surface area contributed by atoms with E-state index in [0.717, 1.165) is 10.2 Å². The first kappa shape index (κ1) is 14.1. The Morgan fingerprint density at radius 3 is 2.37 bits per heavy atom. The van der Waals surface area contributed by atoms with Gasteiger partial charge in [0.15, 0.2) is 9.84 Å². The Hall–Kier alpha value is -1.33. The number of hydrogen-bond donors (Lipinski definition) is 1. The first-order valence-corrected chi connectivity index (χ1v) is 8.42. The van der Waals surface area contributed by atoms with Crippen LogP contribution >= 0.6 is 15.9 Å². The number of hydrogen-bond acceptors (Lipinski definition) is 3. The topological polar surface area (TPSA) is 46.2 Å². The van der Waals surface area contributed by atoms with Gasteiger partial charge < -0.3 is 5.32 Å². The smallest absolute Gasteiger partial charge is 0.175 e. The van der Waals surface area contributed by atoms with Gasteiger partial charge in [-0.2, -0.15) is 0 Å². The van der Waals surface area contributed by atoms with Crippen molar-refractivity contribution in [2.24, 2.45) is 0 Å². The summed E-state index contributed by atoms with van der Waals surface area (Å²) >= 11 is 3.39. The van der Waals surface area contributed by atoms with Crippen LogP contribution in [0.1, 0.15) is 5.56 Å². The molecule has 2 aromatic carbocycles. The molecule has 0 heterocycles. The summed E-state index contributed by atoms with van der Waals surface area (Å²) < 4.78 is 23.6. The zero-order valence-electron chi connectivity index (χ0n) is 10.4. The van der Waals surface area contributed by atoms with Crippen molar-refractivity contribution in [3.05, 3.63) is 58.6 Å². The number of benzene rings is 2. The lowest BCUT2D eigenvalue weighted by Gasteiger charge is -2.09. The maximum atomic E-state index is 11.4. The third-order valence-corrected chi connectivity index (χ3v) is 4.46. The van der Waals surface area contributed by atoms with Crippen LogP contribution in [0, 0.1) is 0 Å². The minimum Gasteiger partial charge on any atom is -0.380 e. The van der Waals surface area contributed by atoms with Crippen molar-refractivity contribution < 1.29 is 8.42 Å². The zero-order chi connectivity index (χ0) is 13.9. The van der Waals surface area contributed by atoms with E-state index < -0.39 is 9.84 Å². The molecule has 0 aliphatic carbocycles. The molecule has 0 aromatic heterocycles. The lowest BCUT2D eigenvalue weighted by Crippen LogP contribution is -2.02. The molecule has 0 bridgehead atoms. The maximum Gasteiger partial charge on any atom is 0.175 e. The molecule has 0 saturated carbocycles. The van der Waals surface area contributed by atoms with Crippen LogP contribution < -0.4 is 5.32 Å². The van der Waals surface area contributed by atoms with Gasteiger partial charge in [0.1, 0.15) is 0 Å². The molecule has 100 valence electrons. The number of sulfone groups is 1. The number of nitrogens with one attached hydrogen (secondary N) is 1. The third-order valence-electron chi connectivity index (χ3n) is 2.69. The number of halogens is 1. The molecule has 19 heavy (non-hydrogen) atoms. The van der Waals surface area contributed by atoms with E-state index in [1.54, 1.807) is 18.2 Å². The molecule has 0 spiro atoms. The van der Waals surface area contributed by atoms with Crippen LogP contribution in [0.25, 0.3) is 0 Å². The fourth-order valence-electron chi connectivity index (χ4n) is 1.66. The molecule has 2 aromatic rings. The maximum absolute atomic E-state index is 11.4.